The maximum atomic E-state index is 12.5. The minimum Gasteiger partial charge on any atom is -0.495 e. The molecule has 0 aliphatic carbocycles. The molecule has 4 rings (SSSR count). The number of benzene rings is 2. The van der Waals surface area contributed by atoms with Gasteiger partial charge in [0.25, 0.3) is 0 Å². The number of hydrogen-bond donors (Lipinski definition) is 1. The highest BCUT2D eigenvalue weighted by atomic mass is 32.1. The molecule has 2 heterocycles. The van der Waals surface area contributed by atoms with Crippen molar-refractivity contribution in [3.63, 3.8) is 0 Å². The van der Waals surface area contributed by atoms with Gasteiger partial charge in [-0.2, -0.15) is 0 Å². The third-order valence-corrected chi connectivity index (χ3v) is 5.89. The van der Waals surface area contributed by atoms with Crippen LogP contribution in [0.25, 0.3) is 10.2 Å². The molecular formula is C20H22N4O3S. The SMILES string of the molecule is COc1ccc(OC)c2sc(N3CCN(C(=O)Nc4ccccc4)CC3)nc12. The maximum absolute atomic E-state index is 12.5. The van der Waals surface area contributed by atoms with Gasteiger partial charge in [-0.3, -0.25) is 0 Å². The fourth-order valence-electron chi connectivity index (χ4n) is 3.23. The summed E-state index contributed by atoms with van der Waals surface area (Å²) in [6.45, 7) is 2.74. The quantitative estimate of drug-likeness (QED) is 0.726. The van der Waals surface area contributed by atoms with Crippen LogP contribution < -0.4 is 19.7 Å². The second kappa shape index (κ2) is 7.93. The lowest BCUT2D eigenvalue weighted by Crippen LogP contribution is -2.50. The number of thiazole rings is 1. The van der Waals surface area contributed by atoms with E-state index in [0.717, 1.165) is 45.6 Å². The topological polar surface area (TPSA) is 66.9 Å². The number of aromatic nitrogens is 1. The van der Waals surface area contributed by atoms with Gasteiger partial charge >= 0.3 is 6.03 Å². The van der Waals surface area contributed by atoms with Crippen molar-refractivity contribution in [3.05, 3.63) is 42.5 Å². The van der Waals surface area contributed by atoms with Crippen LogP contribution in [0.2, 0.25) is 0 Å². The molecule has 1 aliphatic heterocycles. The fraction of sp³-hybridized carbons (Fsp3) is 0.300. The molecule has 0 radical (unpaired) electrons. The van der Waals surface area contributed by atoms with Gasteiger partial charge in [-0.25, -0.2) is 9.78 Å². The number of nitrogens with zero attached hydrogens (tertiary/aromatic N) is 3. The average molecular weight is 398 g/mol. The van der Waals surface area contributed by atoms with E-state index in [1.807, 2.05) is 47.4 Å². The summed E-state index contributed by atoms with van der Waals surface area (Å²) in [5, 5.41) is 3.86. The maximum Gasteiger partial charge on any atom is 0.321 e. The van der Waals surface area contributed by atoms with Crippen LogP contribution in [0, 0.1) is 0 Å². The molecule has 0 spiro atoms. The third kappa shape index (κ3) is 3.55. The molecule has 1 saturated heterocycles. The number of rotatable bonds is 4. The van der Waals surface area contributed by atoms with Gasteiger partial charge in [-0.1, -0.05) is 29.5 Å². The zero-order valence-electron chi connectivity index (χ0n) is 15.8. The van der Waals surface area contributed by atoms with Crippen LogP contribution in [0.1, 0.15) is 0 Å². The monoisotopic (exact) mass is 398 g/mol. The number of carbonyl (C=O) groups excluding carboxylic acids is 1. The van der Waals surface area contributed by atoms with E-state index in [0.29, 0.717) is 13.1 Å². The summed E-state index contributed by atoms with van der Waals surface area (Å²) in [5.74, 6) is 1.53. The second-order valence-corrected chi connectivity index (χ2v) is 7.39. The first kappa shape index (κ1) is 18.4. The van der Waals surface area contributed by atoms with E-state index in [1.165, 1.54) is 0 Å². The van der Waals surface area contributed by atoms with Crippen LogP contribution in [0.5, 0.6) is 11.5 Å². The number of methoxy groups -OCH3 is 2. The van der Waals surface area contributed by atoms with Gasteiger partial charge in [-0.05, 0) is 24.3 Å². The molecule has 28 heavy (non-hydrogen) atoms. The van der Waals surface area contributed by atoms with Crippen molar-refractivity contribution in [2.45, 2.75) is 0 Å². The number of nitrogens with one attached hydrogen (secondary N) is 1. The van der Waals surface area contributed by atoms with Gasteiger partial charge in [-0.15, -0.1) is 0 Å². The number of amides is 2. The van der Waals surface area contributed by atoms with E-state index in [4.69, 9.17) is 14.5 Å². The largest absolute Gasteiger partial charge is 0.495 e. The highest BCUT2D eigenvalue weighted by molar-refractivity contribution is 7.22. The first-order chi connectivity index (χ1) is 13.7. The van der Waals surface area contributed by atoms with Crippen LogP contribution >= 0.6 is 11.3 Å². The Bertz CT molecular complexity index is 927. The van der Waals surface area contributed by atoms with Gasteiger partial charge in [0.2, 0.25) is 0 Å². The summed E-state index contributed by atoms with van der Waals surface area (Å²) in [6, 6.07) is 13.2. The van der Waals surface area contributed by atoms with E-state index < -0.39 is 0 Å². The summed E-state index contributed by atoms with van der Waals surface area (Å²) < 4.78 is 11.9. The molecule has 1 fully saturated rings. The Hall–Kier alpha value is -3.00. The minimum atomic E-state index is -0.0708. The molecule has 3 aromatic rings. The Kier molecular flexibility index (Phi) is 5.21. The van der Waals surface area contributed by atoms with E-state index >= 15 is 0 Å². The van der Waals surface area contributed by atoms with Gasteiger partial charge in [0.05, 0.1) is 14.2 Å². The molecule has 1 aromatic heterocycles. The number of piperazine rings is 1. The molecule has 7 nitrogen and oxygen atoms in total. The highest BCUT2D eigenvalue weighted by Gasteiger charge is 2.24. The van der Waals surface area contributed by atoms with Gasteiger partial charge in [0, 0.05) is 31.9 Å². The Balaban J connectivity index is 1.46. The molecule has 1 aliphatic rings. The van der Waals surface area contributed by atoms with Crippen molar-refractivity contribution in [1.29, 1.82) is 0 Å². The van der Waals surface area contributed by atoms with Gasteiger partial charge in [0.1, 0.15) is 21.7 Å². The Morgan fingerprint density at radius 2 is 1.68 bits per heavy atom. The molecule has 0 saturated carbocycles. The molecule has 0 unspecified atom stereocenters. The predicted molar refractivity (Wildman–Crippen MR) is 112 cm³/mol. The molecular weight excluding hydrogens is 376 g/mol. The Morgan fingerprint density at radius 3 is 2.36 bits per heavy atom. The van der Waals surface area contributed by atoms with Crippen molar-refractivity contribution >= 4 is 38.4 Å². The number of urea groups is 1. The zero-order valence-corrected chi connectivity index (χ0v) is 16.7. The molecule has 8 heteroatoms. The van der Waals surface area contributed by atoms with Crippen LogP contribution in [0.4, 0.5) is 15.6 Å². The summed E-state index contributed by atoms with van der Waals surface area (Å²) in [6.07, 6.45) is 0. The number of ether oxygens (including phenoxy) is 2. The molecule has 2 amide bonds. The number of fused-ring (bicyclic) bond motifs is 1. The molecule has 2 aromatic carbocycles. The third-order valence-electron chi connectivity index (χ3n) is 4.76. The van der Waals surface area contributed by atoms with E-state index in [9.17, 15) is 4.79 Å². The number of carbonyl (C=O) groups is 1. The average Bonchev–Trinajstić information content (AvgIpc) is 3.19. The van der Waals surface area contributed by atoms with Gasteiger partial charge in [0.15, 0.2) is 5.13 Å². The predicted octanol–water partition coefficient (Wildman–Crippen LogP) is 3.67. The van der Waals surface area contributed by atoms with Crippen molar-refractivity contribution in [3.8, 4) is 11.5 Å². The molecule has 146 valence electrons. The number of anilines is 2. The second-order valence-electron chi connectivity index (χ2n) is 6.41. The lowest BCUT2D eigenvalue weighted by atomic mass is 10.3. The molecule has 0 bridgehead atoms. The van der Waals surface area contributed by atoms with E-state index in [1.54, 1.807) is 25.6 Å². The first-order valence-corrected chi connectivity index (χ1v) is 9.88. The van der Waals surface area contributed by atoms with Crippen LogP contribution in [-0.4, -0.2) is 56.3 Å². The van der Waals surface area contributed by atoms with Crippen molar-refractivity contribution in [2.24, 2.45) is 0 Å². The molecule has 1 N–H and O–H groups in total. The fourth-order valence-corrected chi connectivity index (χ4v) is 4.36. The van der Waals surface area contributed by atoms with Gasteiger partial charge < -0.3 is 24.6 Å². The van der Waals surface area contributed by atoms with Crippen LogP contribution in [0.15, 0.2) is 42.5 Å². The highest BCUT2D eigenvalue weighted by Crippen LogP contribution is 2.40. The normalized spacial score (nSPS) is 14.2. The van der Waals surface area contributed by atoms with Crippen molar-refractivity contribution in [2.75, 3.05) is 50.6 Å². The number of para-hydroxylation sites is 1. The minimum absolute atomic E-state index is 0.0708. The van der Waals surface area contributed by atoms with Crippen molar-refractivity contribution in [1.82, 2.24) is 9.88 Å². The van der Waals surface area contributed by atoms with Crippen LogP contribution in [-0.2, 0) is 0 Å². The number of hydrogen-bond acceptors (Lipinski definition) is 6. The summed E-state index contributed by atoms with van der Waals surface area (Å²) in [7, 11) is 3.30. The summed E-state index contributed by atoms with van der Waals surface area (Å²) in [4.78, 5) is 21.3. The van der Waals surface area contributed by atoms with Crippen LogP contribution in [0.3, 0.4) is 0 Å². The lowest BCUT2D eigenvalue weighted by molar-refractivity contribution is 0.208. The lowest BCUT2D eigenvalue weighted by Gasteiger charge is -2.34. The smallest absolute Gasteiger partial charge is 0.321 e. The summed E-state index contributed by atoms with van der Waals surface area (Å²) >= 11 is 1.59. The first-order valence-electron chi connectivity index (χ1n) is 9.07. The zero-order chi connectivity index (χ0) is 19.5. The Morgan fingerprint density at radius 1 is 1.00 bits per heavy atom. The van der Waals surface area contributed by atoms with E-state index in [2.05, 4.69) is 10.2 Å². The molecule has 0 atom stereocenters. The van der Waals surface area contributed by atoms with E-state index in [-0.39, 0.29) is 6.03 Å². The van der Waals surface area contributed by atoms with Crippen molar-refractivity contribution < 1.29 is 14.3 Å². The standard InChI is InChI=1S/C20H22N4O3S/c1-26-15-8-9-16(27-2)18-17(15)22-20(28-18)24-12-10-23(11-13-24)19(25)21-14-6-4-3-5-7-14/h3-9H,10-13H2,1-2H3,(H,21,25). The Labute approximate surface area is 167 Å². The summed E-state index contributed by atoms with van der Waals surface area (Å²) in [5.41, 5.74) is 1.62.